The van der Waals surface area contributed by atoms with E-state index in [1.54, 1.807) is 24.3 Å². The predicted octanol–water partition coefficient (Wildman–Crippen LogP) is 3.25. The summed E-state index contributed by atoms with van der Waals surface area (Å²) in [5.74, 6) is 1.74. The summed E-state index contributed by atoms with van der Waals surface area (Å²) in [5, 5.41) is 15.2. The Hall–Kier alpha value is -1.65. The molecule has 2 rings (SSSR count). The lowest BCUT2D eigenvalue weighted by Crippen LogP contribution is -2.00. The molecular weight excluding hydrogens is 302 g/mol. The number of hydrogen-bond acceptors (Lipinski definition) is 6. The maximum Gasteiger partial charge on any atom is 0.182 e. The molecule has 17 heavy (non-hydrogen) atoms. The monoisotopic (exact) mass is 309 g/mol. The van der Waals surface area contributed by atoms with E-state index in [2.05, 4.69) is 36.5 Å². The first-order chi connectivity index (χ1) is 8.17. The van der Waals surface area contributed by atoms with Crippen molar-refractivity contribution in [2.75, 3.05) is 10.6 Å². The van der Waals surface area contributed by atoms with Crippen molar-refractivity contribution in [3.63, 3.8) is 0 Å². The lowest BCUT2D eigenvalue weighted by atomic mass is 10.5. The van der Waals surface area contributed by atoms with Crippen LogP contribution in [0.4, 0.5) is 16.6 Å². The highest BCUT2D eigenvalue weighted by atomic mass is 79.9. The van der Waals surface area contributed by atoms with Crippen molar-refractivity contribution < 1.29 is 0 Å². The molecule has 0 aliphatic carbocycles. The van der Waals surface area contributed by atoms with Gasteiger partial charge >= 0.3 is 0 Å². The number of aryl methyl sites for hydroxylation is 1. The third kappa shape index (κ3) is 3.15. The number of hydrogen-bond donors (Lipinski definition) is 2. The van der Waals surface area contributed by atoms with Gasteiger partial charge in [0.05, 0.1) is 8.79 Å². The Bertz CT molecular complexity index is 574. The van der Waals surface area contributed by atoms with Gasteiger partial charge in [-0.3, -0.25) is 5.32 Å². The second kappa shape index (κ2) is 5.12. The smallest absolute Gasteiger partial charge is 0.182 e. The van der Waals surface area contributed by atoms with Gasteiger partial charge in [-0.25, -0.2) is 9.97 Å². The number of nitrogens with one attached hydrogen (secondary N) is 2. The number of anilines is 3. The fraction of sp³-hybridized carbons (Fsp3) is 0.100. The van der Waals surface area contributed by atoms with Crippen LogP contribution in [0.1, 0.15) is 5.82 Å². The van der Waals surface area contributed by atoms with Gasteiger partial charge in [0.2, 0.25) is 0 Å². The number of aromatic nitrogens is 2. The van der Waals surface area contributed by atoms with Crippen molar-refractivity contribution >= 4 is 43.9 Å². The second-order valence-corrected chi connectivity index (χ2v) is 5.61. The van der Waals surface area contributed by atoms with E-state index in [0.717, 1.165) is 8.79 Å². The van der Waals surface area contributed by atoms with Gasteiger partial charge < -0.3 is 5.32 Å². The van der Waals surface area contributed by atoms with Crippen LogP contribution >= 0.6 is 27.3 Å². The van der Waals surface area contributed by atoms with Crippen LogP contribution in [0.25, 0.3) is 0 Å². The Balaban J connectivity index is 2.24. The average molecular weight is 310 g/mol. The highest BCUT2D eigenvalue weighted by Gasteiger charge is 2.03. The Morgan fingerprint density at radius 1 is 1.35 bits per heavy atom. The van der Waals surface area contributed by atoms with E-state index in [-0.39, 0.29) is 0 Å². The average Bonchev–Trinajstić information content (AvgIpc) is 2.63. The molecule has 0 bridgehead atoms. The predicted molar refractivity (Wildman–Crippen MR) is 71.3 cm³/mol. The third-order valence-corrected chi connectivity index (χ3v) is 3.39. The van der Waals surface area contributed by atoms with Gasteiger partial charge in [0.25, 0.3) is 0 Å². The highest BCUT2D eigenvalue weighted by Crippen LogP contribution is 2.29. The van der Waals surface area contributed by atoms with E-state index in [1.165, 1.54) is 0 Å². The molecule has 0 aliphatic rings. The Morgan fingerprint density at radius 3 is 2.76 bits per heavy atom. The molecule has 0 aliphatic heterocycles. The molecule has 2 aromatic heterocycles. The first-order valence-electron chi connectivity index (χ1n) is 4.70. The van der Waals surface area contributed by atoms with Crippen molar-refractivity contribution in [2.24, 2.45) is 0 Å². The molecule has 0 aromatic carbocycles. The molecule has 0 radical (unpaired) electrons. The molecule has 0 fully saturated rings. The van der Waals surface area contributed by atoms with Gasteiger partial charge in [-0.05, 0) is 35.0 Å². The van der Waals surface area contributed by atoms with Crippen molar-refractivity contribution in [3.8, 4) is 6.19 Å². The van der Waals surface area contributed by atoms with Gasteiger partial charge in [0, 0.05) is 6.07 Å². The standard InChI is InChI=1S/C10H8BrN5S/c1-6-14-8(13-5-12)4-9(15-6)16-10-3-2-7(11)17-10/h2-4H,1H3,(H2,13,14,15,16). The fourth-order valence-electron chi connectivity index (χ4n) is 1.26. The quantitative estimate of drug-likeness (QED) is 0.672. The second-order valence-electron chi connectivity index (χ2n) is 3.15. The summed E-state index contributed by atoms with van der Waals surface area (Å²) in [6.45, 7) is 1.78. The summed E-state index contributed by atoms with van der Waals surface area (Å²) in [7, 11) is 0. The molecule has 0 saturated heterocycles. The van der Waals surface area contributed by atoms with Crippen LogP contribution < -0.4 is 10.6 Å². The number of nitriles is 1. The largest absolute Gasteiger partial charge is 0.332 e. The van der Waals surface area contributed by atoms with E-state index >= 15 is 0 Å². The zero-order valence-corrected chi connectivity index (χ0v) is 11.3. The zero-order valence-electron chi connectivity index (χ0n) is 8.86. The van der Waals surface area contributed by atoms with Crippen LogP contribution in [0.5, 0.6) is 0 Å². The molecule has 0 amide bonds. The van der Waals surface area contributed by atoms with Crippen LogP contribution in [0.2, 0.25) is 0 Å². The maximum atomic E-state index is 8.55. The van der Waals surface area contributed by atoms with E-state index in [1.807, 2.05) is 18.3 Å². The summed E-state index contributed by atoms with van der Waals surface area (Å²) in [4.78, 5) is 8.32. The van der Waals surface area contributed by atoms with Crippen molar-refractivity contribution in [1.82, 2.24) is 9.97 Å². The van der Waals surface area contributed by atoms with Crippen LogP contribution in [0, 0.1) is 18.4 Å². The fourth-order valence-corrected chi connectivity index (χ4v) is 2.55. The van der Waals surface area contributed by atoms with Gasteiger partial charge in [0.1, 0.15) is 17.5 Å². The van der Waals surface area contributed by atoms with Gasteiger partial charge in [-0.2, -0.15) is 5.26 Å². The van der Waals surface area contributed by atoms with Gasteiger partial charge in [-0.15, -0.1) is 11.3 Å². The molecule has 5 nitrogen and oxygen atoms in total. The number of nitrogens with zero attached hydrogens (tertiary/aromatic N) is 3. The molecule has 2 N–H and O–H groups in total. The van der Waals surface area contributed by atoms with Gasteiger partial charge in [0.15, 0.2) is 6.19 Å². The summed E-state index contributed by atoms with van der Waals surface area (Å²) in [6.07, 6.45) is 1.83. The van der Waals surface area contributed by atoms with Crippen molar-refractivity contribution in [3.05, 3.63) is 27.8 Å². The number of thiophene rings is 1. The van der Waals surface area contributed by atoms with Crippen molar-refractivity contribution in [1.29, 1.82) is 5.26 Å². The molecule has 7 heteroatoms. The lowest BCUT2D eigenvalue weighted by Gasteiger charge is -2.05. The van der Waals surface area contributed by atoms with Crippen LogP contribution in [-0.4, -0.2) is 9.97 Å². The normalized spacial score (nSPS) is 9.71. The molecule has 0 atom stereocenters. The molecule has 0 saturated carbocycles. The van der Waals surface area contributed by atoms with E-state index in [4.69, 9.17) is 5.26 Å². The SMILES string of the molecule is Cc1nc(NC#N)cc(Nc2ccc(Br)s2)n1. The highest BCUT2D eigenvalue weighted by molar-refractivity contribution is 9.11. The summed E-state index contributed by atoms with van der Waals surface area (Å²) < 4.78 is 1.04. The Labute approximate surface area is 111 Å². The molecule has 2 aromatic rings. The summed E-state index contributed by atoms with van der Waals surface area (Å²) in [5.41, 5.74) is 0. The lowest BCUT2D eigenvalue weighted by molar-refractivity contribution is 1.06. The first kappa shape index (κ1) is 11.8. The summed E-state index contributed by atoms with van der Waals surface area (Å²) in [6, 6.07) is 5.59. The summed E-state index contributed by atoms with van der Waals surface area (Å²) >= 11 is 4.96. The van der Waals surface area contributed by atoms with Crippen LogP contribution in [-0.2, 0) is 0 Å². The van der Waals surface area contributed by atoms with Gasteiger partial charge in [-0.1, -0.05) is 0 Å². The maximum absolute atomic E-state index is 8.55. The molecule has 0 spiro atoms. The third-order valence-electron chi connectivity index (χ3n) is 1.85. The first-order valence-corrected chi connectivity index (χ1v) is 6.31. The number of rotatable bonds is 3. The Kier molecular flexibility index (Phi) is 3.56. The molecule has 0 unspecified atom stereocenters. The van der Waals surface area contributed by atoms with Crippen molar-refractivity contribution in [2.45, 2.75) is 6.92 Å². The topological polar surface area (TPSA) is 73.6 Å². The zero-order chi connectivity index (χ0) is 12.3. The van der Waals surface area contributed by atoms with E-state index in [9.17, 15) is 0 Å². The number of halogens is 1. The minimum Gasteiger partial charge on any atom is -0.332 e. The molecule has 86 valence electrons. The Morgan fingerprint density at radius 2 is 2.12 bits per heavy atom. The minimum absolute atomic E-state index is 0.484. The molecule has 2 heterocycles. The molecular formula is C10H8BrN5S. The minimum atomic E-state index is 0.484. The van der Waals surface area contributed by atoms with E-state index in [0.29, 0.717) is 17.5 Å². The van der Waals surface area contributed by atoms with E-state index < -0.39 is 0 Å². The van der Waals surface area contributed by atoms with Crippen LogP contribution in [0.15, 0.2) is 22.0 Å². The van der Waals surface area contributed by atoms with Crippen LogP contribution in [0.3, 0.4) is 0 Å².